The Morgan fingerprint density at radius 2 is 2.48 bits per heavy atom. The molecule has 2 aromatic rings. The summed E-state index contributed by atoms with van der Waals surface area (Å²) in [4.78, 5) is 7.96. The van der Waals surface area contributed by atoms with Gasteiger partial charge < -0.3 is 9.84 Å². The van der Waals surface area contributed by atoms with Crippen molar-refractivity contribution < 1.29 is 4.52 Å². The van der Waals surface area contributed by atoms with Gasteiger partial charge in [-0.15, -0.1) is 11.3 Å². The topological polar surface area (TPSA) is 54.2 Å². The molecule has 6 heteroatoms. The van der Waals surface area contributed by atoms with Crippen LogP contribution < -0.4 is 5.32 Å². The lowest BCUT2D eigenvalue weighted by atomic mass is 9.99. The normalized spacial score (nSPS) is 19.2. The number of nitrogens with zero attached hydrogens (tertiary/aromatic N) is 3. The Balaban J connectivity index is 1.58. The molecule has 1 aliphatic rings. The van der Waals surface area contributed by atoms with Crippen LogP contribution in [0.1, 0.15) is 25.7 Å². The van der Waals surface area contributed by atoms with E-state index in [-0.39, 0.29) is 0 Å². The van der Waals surface area contributed by atoms with E-state index in [1.165, 1.54) is 12.8 Å². The van der Waals surface area contributed by atoms with Gasteiger partial charge in [-0.25, -0.2) is 0 Å². The van der Waals surface area contributed by atoms with Crippen LogP contribution in [0.25, 0.3) is 10.7 Å². The number of hydrogen-bond acceptors (Lipinski definition) is 6. The van der Waals surface area contributed by atoms with E-state index < -0.39 is 0 Å². The minimum absolute atomic E-state index is 0.704. The largest absolute Gasteiger partial charge is 0.338 e. The smallest absolute Gasteiger partial charge is 0.241 e. The molecule has 3 rings (SSSR count). The van der Waals surface area contributed by atoms with Gasteiger partial charge >= 0.3 is 0 Å². The fourth-order valence-corrected chi connectivity index (χ4v) is 3.42. The first-order valence-electron chi connectivity index (χ1n) is 7.64. The van der Waals surface area contributed by atoms with Gasteiger partial charge in [0.15, 0.2) is 0 Å². The average molecular weight is 306 g/mol. The summed E-state index contributed by atoms with van der Waals surface area (Å²) in [6.45, 7) is 7.32. The molecule has 0 aromatic carbocycles. The maximum atomic E-state index is 5.40. The highest BCUT2D eigenvalue weighted by atomic mass is 32.1. The molecule has 1 unspecified atom stereocenters. The molecule has 114 valence electrons. The molecule has 21 heavy (non-hydrogen) atoms. The van der Waals surface area contributed by atoms with E-state index in [9.17, 15) is 0 Å². The van der Waals surface area contributed by atoms with Crippen LogP contribution in [-0.2, 0) is 6.54 Å². The Kier molecular flexibility index (Phi) is 5.00. The van der Waals surface area contributed by atoms with E-state index in [2.05, 4.69) is 27.3 Å². The highest BCUT2D eigenvalue weighted by Crippen LogP contribution is 2.22. The van der Waals surface area contributed by atoms with Crippen LogP contribution in [0.4, 0.5) is 0 Å². The number of nitrogens with one attached hydrogen (secondary N) is 1. The van der Waals surface area contributed by atoms with Crippen molar-refractivity contribution in [2.24, 2.45) is 5.92 Å². The summed E-state index contributed by atoms with van der Waals surface area (Å²) in [5, 5.41) is 9.58. The van der Waals surface area contributed by atoms with Gasteiger partial charge in [0.1, 0.15) is 0 Å². The Labute approximate surface area is 129 Å². The predicted octanol–water partition coefficient (Wildman–Crippen LogP) is 2.62. The molecule has 3 heterocycles. The van der Waals surface area contributed by atoms with Crippen molar-refractivity contribution >= 4 is 11.3 Å². The lowest BCUT2D eigenvalue weighted by Crippen LogP contribution is -2.38. The Bertz CT molecular complexity index is 534. The van der Waals surface area contributed by atoms with Crippen molar-refractivity contribution in [3.8, 4) is 10.7 Å². The molecule has 0 bridgehead atoms. The van der Waals surface area contributed by atoms with Gasteiger partial charge in [0.25, 0.3) is 0 Å². The first-order chi connectivity index (χ1) is 10.3. The van der Waals surface area contributed by atoms with Gasteiger partial charge in [-0.3, -0.25) is 4.90 Å². The van der Waals surface area contributed by atoms with Crippen LogP contribution in [0.2, 0.25) is 0 Å². The van der Waals surface area contributed by atoms with E-state index >= 15 is 0 Å². The van der Waals surface area contributed by atoms with E-state index in [0.29, 0.717) is 11.7 Å². The standard InChI is InChI=1S/C15H22N4OS/c1-2-19(10-12-5-3-7-16-9-12)11-14-17-15(18-20-14)13-6-4-8-21-13/h4,6,8,12,16H,2-3,5,7,9-11H2,1H3. The van der Waals surface area contributed by atoms with Gasteiger partial charge in [0.2, 0.25) is 11.7 Å². The van der Waals surface area contributed by atoms with Crippen molar-refractivity contribution in [1.29, 1.82) is 0 Å². The van der Waals surface area contributed by atoms with E-state index in [4.69, 9.17) is 4.52 Å². The summed E-state index contributed by atoms with van der Waals surface area (Å²) in [5.74, 6) is 2.15. The number of thiophene rings is 1. The zero-order valence-electron chi connectivity index (χ0n) is 12.4. The van der Waals surface area contributed by atoms with Crippen LogP contribution in [0, 0.1) is 5.92 Å². The minimum atomic E-state index is 0.704. The van der Waals surface area contributed by atoms with Crippen molar-refractivity contribution in [2.45, 2.75) is 26.3 Å². The third-order valence-corrected chi connectivity index (χ3v) is 4.80. The summed E-state index contributed by atoms with van der Waals surface area (Å²) in [6, 6.07) is 4.02. The van der Waals surface area contributed by atoms with Gasteiger partial charge in [-0.1, -0.05) is 18.1 Å². The summed E-state index contributed by atoms with van der Waals surface area (Å²) < 4.78 is 5.40. The van der Waals surface area contributed by atoms with E-state index in [0.717, 1.165) is 43.5 Å². The first-order valence-corrected chi connectivity index (χ1v) is 8.52. The fourth-order valence-electron chi connectivity index (χ4n) is 2.77. The SMILES string of the molecule is CCN(Cc1nc(-c2cccs2)no1)CC1CCCNC1. The summed E-state index contributed by atoms with van der Waals surface area (Å²) in [7, 11) is 0. The molecule has 2 aromatic heterocycles. The Morgan fingerprint density at radius 3 is 3.19 bits per heavy atom. The second-order valence-corrected chi connectivity index (χ2v) is 6.48. The van der Waals surface area contributed by atoms with Crippen molar-refractivity contribution in [3.63, 3.8) is 0 Å². The van der Waals surface area contributed by atoms with Crippen molar-refractivity contribution in [1.82, 2.24) is 20.4 Å². The van der Waals surface area contributed by atoms with Crippen molar-refractivity contribution in [3.05, 3.63) is 23.4 Å². The van der Waals surface area contributed by atoms with E-state index in [1.807, 2.05) is 17.5 Å². The number of piperidine rings is 1. The molecule has 0 aliphatic carbocycles. The maximum absolute atomic E-state index is 5.40. The number of rotatable bonds is 6. The molecule has 1 fully saturated rings. The molecule has 0 saturated carbocycles. The molecular weight excluding hydrogens is 284 g/mol. The minimum Gasteiger partial charge on any atom is -0.338 e. The summed E-state index contributed by atoms with van der Waals surface area (Å²) >= 11 is 1.64. The maximum Gasteiger partial charge on any atom is 0.241 e. The molecule has 1 N–H and O–H groups in total. The van der Waals surface area contributed by atoms with E-state index in [1.54, 1.807) is 11.3 Å². The first kappa shape index (κ1) is 14.7. The molecule has 1 atom stereocenters. The zero-order valence-corrected chi connectivity index (χ0v) is 13.2. The van der Waals surface area contributed by atoms with Crippen LogP contribution in [0.3, 0.4) is 0 Å². The third-order valence-electron chi connectivity index (χ3n) is 3.93. The Morgan fingerprint density at radius 1 is 1.52 bits per heavy atom. The number of hydrogen-bond donors (Lipinski definition) is 1. The lowest BCUT2D eigenvalue weighted by Gasteiger charge is -2.28. The molecule has 5 nitrogen and oxygen atoms in total. The highest BCUT2D eigenvalue weighted by Gasteiger charge is 2.18. The fraction of sp³-hybridized carbons (Fsp3) is 0.600. The van der Waals surface area contributed by atoms with Crippen molar-refractivity contribution in [2.75, 3.05) is 26.2 Å². The average Bonchev–Trinajstić information content (AvgIpc) is 3.18. The van der Waals surface area contributed by atoms with Gasteiger partial charge in [0.05, 0.1) is 11.4 Å². The molecule has 0 spiro atoms. The van der Waals surface area contributed by atoms with Gasteiger partial charge in [-0.2, -0.15) is 4.98 Å². The van der Waals surface area contributed by atoms with Crippen LogP contribution in [-0.4, -0.2) is 41.2 Å². The predicted molar refractivity (Wildman–Crippen MR) is 84.2 cm³/mol. The second-order valence-electron chi connectivity index (χ2n) is 5.53. The third kappa shape index (κ3) is 3.90. The summed E-state index contributed by atoms with van der Waals surface area (Å²) in [6.07, 6.45) is 2.60. The van der Waals surface area contributed by atoms with Gasteiger partial charge in [-0.05, 0) is 49.8 Å². The van der Waals surface area contributed by atoms with Gasteiger partial charge in [0, 0.05) is 6.54 Å². The lowest BCUT2D eigenvalue weighted by molar-refractivity contribution is 0.187. The van der Waals surface area contributed by atoms with Crippen LogP contribution in [0.5, 0.6) is 0 Å². The van der Waals surface area contributed by atoms with Crippen LogP contribution >= 0.6 is 11.3 Å². The van der Waals surface area contributed by atoms with Crippen LogP contribution in [0.15, 0.2) is 22.0 Å². The zero-order chi connectivity index (χ0) is 14.5. The molecule has 0 amide bonds. The Hall–Kier alpha value is -1.24. The monoisotopic (exact) mass is 306 g/mol. The summed E-state index contributed by atoms with van der Waals surface area (Å²) in [5.41, 5.74) is 0. The molecular formula is C15H22N4OS. The number of aromatic nitrogens is 2. The second kappa shape index (κ2) is 7.15. The quantitative estimate of drug-likeness (QED) is 0.889. The molecule has 0 radical (unpaired) electrons. The molecule has 1 saturated heterocycles. The molecule has 1 aliphatic heterocycles. The highest BCUT2D eigenvalue weighted by molar-refractivity contribution is 7.13.